The summed E-state index contributed by atoms with van der Waals surface area (Å²) in [6.07, 6.45) is 5.13. The van der Waals surface area contributed by atoms with E-state index in [2.05, 4.69) is 15.3 Å². The van der Waals surface area contributed by atoms with Crippen LogP contribution in [0.1, 0.15) is 27.9 Å². The van der Waals surface area contributed by atoms with Crippen LogP contribution in [0.2, 0.25) is 0 Å². The first-order valence-corrected chi connectivity index (χ1v) is 6.70. The molecule has 6 nitrogen and oxygen atoms in total. The Morgan fingerprint density at radius 3 is 2.62 bits per heavy atom. The molecule has 0 aliphatic carbocycles. The molecule has 0 radical (unpaired) electrons. The molecule has 0 atom stereocenters. The largest absolute Gasteiger partial charge is 0.307 e. The van der Waals surface area contributed by atoms with Crippen molar-refractivity contribution in [2.45, 2.75) is 33.9 Å². The number of nitro groups is 1. The lowest BCUT2D eigenvalue weighted by Crippen LogP contribution is -2.16. The van der Waals surface area contributed by atoms with Crippen LogP contribution < -0.4 is 5.32 Å². The van der Waals surface area contributed by atoms with Crippen LogP contribution in [0.4, 0.5) is 5.69 Å². The highest BCUT2D eigenvalue weighted by atomic mass is 16.6. The molecule has 6 heteroatoms. The first-order valence-electron chi connectivity index (χ1n) is 6.70. The van der Waals surface area contributed by atoms with Crippen LogP contribution in [0.3, 0.4) is 0 Å². The summed E-state index contributed by atoms with van der Waals surface area (Å²) in [7, 11) is 0. The van der Waals surface area contributed by atoms with E-state index in [0.717, 1.165) is 11.1 Å². The van der Waals surface area contributed by atoms with Crippen molar-refractivity contribution in [3.05, 3.63) is 62.7 Å². The SMILES string of the molecule is Cc1cnccc1CNCc1ncc(C)c([N+](=O)[O-])c1C. The Balaban J connectivity index is 2.09. The zero-order chi connectivity index (χ0) is 15.4. The van der Waals surface area contributed by atoms with Gasteiger partial charge in [0.2, 0.25) is 0 Å². The summed E-state index contributed by atoms with van der Waals surface area (Å²) in [6, 6.07) is 1.96. The third-order valence-corrected chi connectivity index (χ3v) is 3.50. The van der Waals surface area contributed by atoms with Gasteiger partial charge >= 0.3 is 0 Å². The van der Waals surface area contributed by atoms with E-state index in [1.165, 1.54) is 0 Å². The van der Waals surface area contributed by atoms with E-state index in [9.17, 15) is 10.1 Å². The third kappa shape index (κ3) is 3.41. The fourth-order valence-electron chi connectivity index (χ4n) is 2.24. The van der Waals surface area contributed by atoms with Gasteiger partial charge in [-0.2, -0.15) is 0 Å². The number of nitrogens with zero attached hydrogens (tertiary/aromatic N) is 3. The van der Waals surface area contributed by atoms with Gasteiger partial charge in [0, 0.05) is 42.8 Å². The normalized spacial score (nSPS) is 10.6. The lowest BCUT2D eigenvalue weighted by atomic mass is 10.1. The monoisotopic (exact) mass is 286 g/mol. The van der Waals surface area contributed by atoms with Crippen molar-refractivity contribution < 1.29 is 4.92 Å². The van der Waals surface area contributed by atoms with Gasteiger partial charge in [-0.1, -0.05) is 0 Å². The second-order valence-electron chi connectivity index (χ2n) is 5.02. The molecule has 0 bridgehead atoms. The number of hydrogen-bond donors (Lipinski definition) is 1. The highest BCUT2D eigenvalue weighted by Crippen LogP contribution is 2.23. The molecule has 2 heterocycles. The molecule has 0 fully saturated rings. The summed E-state index contributed by atoms with van der Waals surface area (Å²) in [5.41, 5.74) is 4.35. The van der Waals surface area contributed by atoms with E-state index < -0.39 is 0 Å². The van der Waals surface area contributed by atoms with Crippen LogP contribution >= 0.6 is 0 Å². The van der Waals surface area contributed by atoms with Crippen molar-refractivity contribution in [2.24, 2.45) is 0 Å². The Kier molecular flexibility index (Phi) is 4.59. The van der Waals surface area contributed by atoms with E-state index in [1.807, 2.05) is 19.2 Å². The maximum Gasteiger partial charge on any atom is 0.278 e. The second-order valence-corrected chi connectivity index (χ2v) is 5.02. The van der Waals surface area contributed by atoms with Crippen molar-refractivity contribution in [1.82, 2.24) is 15.3 Å². The molecular weight excluding hydrogens is 268 g/mol. The molecule has 0 saturated carbocycles. The molecule has 0 amide bonds. The molecule has 2 aromatic heterocycles. The summed E-state index contributed by atoms with van der Waals surface area (Å²) in [5.74, 6) is 0. The summed E-state index contributed by atoms with van der Waals surface area (Å²) >= 11 is 0. The molecule has 1 N–H and O–H groups in total. The van der Waals surface area contributed by atoms with E-state index in [4.69, 9.17) is 0 Å². The van der Waals surface area contributed by atoms with E-state index >= 15 is 0 Å². The topological polar surface area (TPSA) is 81.0 Å². The summed E-state index contributed by atoms with van der Waals surface area (Å²) < 4.78 is 0. The van der Waals surface area contributed by atoms with Crippen LogP contribution in [0.15, 0.2) is 24.7 Å². The molecule has 110 valence electrons. The molecule has 0 aliphatic heterocycles. The van der Waals surface area contributed by atoms with Crippen molar-refractivity contribution >= 4 is 5.69 Å². The van der Waals surface area contributed by atoms with Crippen molar-refractivity contribution in [3.63, 3.8) is 0 Å². The number of aromatic nitrogens is 2. The summed E-state index contributed by atoms with van der Waals surface area (Å²) in [5, 5.41) is 14.4. The molecule has 0 saturated heterocycles. The lowest BCUT2D eigenvalue weighted by molar-refractivity contribution is -0.386. The van der Waals surface area contributed by atoms with Gasteiger partial charge in [-0.05, 0) is 38.0 Å². The van der Waals surface area contributed by atoms with E-state index in [-0.39, 0.29) is 10.6 Å². The molecule has 0 aromatic carbocycles. The highest BCUT2D eigenvalue weighted by molar-refractivity contribution is 5.47. The maximum atomic E-state index is 11.1. The van der Waals surface area contributed by atoms with Crippen LogP contribution in [-0.4, -0.2) is 14.9 Å². The average molecular weight is 286 g/mol. The average Bonchev–Trinajstić information content (AvgIpc) is 2.43. The number of rotatable bonds is 5. The number of hydrogen-bond acceptors (Lipinski definition) is 5. The Morgan fingerprint density at radius 1 is 1.19 bits per heavy atom. The fourth-order valence-corrected chi connectivity index (χ4v) is 2.24. The van der Waals surface area contributed by atoms with Gasteiger partial charge in [0.05, 0.1) is 10.6 Å². The molecule has 2 rings (SSSR count). The molecule has 0 aliphatic rings. The van der Waals surface area contributed by atoms with E-state index in [0.29, 0.717) is 29.9 Å². The van der Waals surface area contributed by atoms with Crippen molar-refractivity contribution in [2.75, 3.05) is 0 Å². The van der Waals surface area contributed by atoms with Gasteiger partial charge in [-0.15, -0.1) is 0 Å². The summed E-state index contributed by atoms with van der Waals surface area (Å²) in [4.78, 5) is 19.1. The van der Waals surface area contributed by atoms with Gasteiger partial charge in [-0.25, -0.2) is 0 Å². The standard InChI is InChI=1S/C15H18N4O2/c1-10-6-16-5-4-13(10)8-17-9-14-12(3)15(19(20)21)11(2)7-18-14/h4-7,17H,8-9H2,1-3H3. The fraction of sp³-hybridized carbons (Fsp3) is 0.333. The zero-order valence-electron chi connectivity index (χ0n) is 12.4. The predicted molar refractivity (Wildman–Crippen MR) is 79.9 cm³/mol. The van der Waals surface area contributed by atoms with Gasteiger partial charge < -0.3 is 5.32 Å². The van der Waals surface area contributed by atoms with Gasteiger partial charge in [-0.3, -0.25) is 20.1 Å². The van der Waals surface area contributed by atoms with Crippen LogP contribution in [0.5, 0.6) is 0 Å². The first kappa shape index (κ1) is 15.1. The number of pyridine rings is 2. The predicted octanol–water partition coefficient (Wildman–Crippen LogP) is 2.60. The zero-order valence-corrected chi connectivity index (χ0v) is 12.4. The Hall–Kier alpha value is -2.34. The molecular formula is C15H18N4O2. The molecule has 21 heavy (non-hydrogen) atoms. The van der Waals surface area contributed by atoms with Gasteiger partial charge in [0.1, 0.15) is 0 Å². The van der Waals surface area contributed by atoms with Gasteiger partial charge in [0.25, 0.3) is 5.69 Å². The quantitative estimate of drug-likeness (QED) is 0.675. The van der Waals surface area contributed by atoms with Gasteiger partial charge in [0.15, 0.2) is 0 Å². The Morgan fingerprint density at radius 2 is 1.95 bits per heavy atom. The van der Waals surface area contributed by atoms with E-state index in [1.54, 1.807) is 26.2 Å². The summed E-state index contributed by atoms with van der Waals surface area (Å²) in [6.45, 7) is 6.62. The van der Waals surface area contributed by atoms with Crippen molar-refractivity contribution in [3.8, 4) is 0 Å². The first-order chi connectivity index (χ1) is 10.0. The minimum atomic E-state index is -0.344. The molecule has 0 spiro atoms. The molecule has 2 aromatic rings. The number of nitrogens with one attached hydrogen (secondary N) is 1. The lowest BCUT2D eigenvalue weighted by Gasteiger charge is -2.10. The van der Waals surface area contributed by atoms with Crippen LogP contribution in [-0.2, 0) is 13.1 Å². The maximum absolute atomic E-state index is 11.1. The minimum absolute atomic E-state index is 0.155. The smallest absolute Gasteiger partial charge is 0.278 e. The highest BCUT2D eigenvalue weighted by Gasteiger charge is 2.18. The third-order valence-electron chi connectivity index (χ3n) is 3.50. The van der Waals surface area contributed by atoms with Crippen LogP contribution in [0.25, 0.3) is 0 Å². The second kappa shape index (κ2) is 6.41. The molecule has 0 unspecified atom stereocenters. The number of aryl methyl sites for hydroxylation is 2. The van der Waals surface area contributed by atoms with Crippen molar-refractivity contribution in [1.29, 1.82) is 0 Å². The Labute approximate surface area is 123 Å². The minimum Gasteiger partial charge on any atom is -0.307 e. The Bertz CT molecular complexity index is 671. The van der Waals surface area contributed by atoms with Crippen LogP contribution in [0, 0.1) is 30.9 Å².